The lowest BCUT2D eigenvalue weighted by molar-refractivity contribution is 0.671. The van der Waals surface area contributed by atoms with E-state index in [1.165, 1.54) is 5.69 Å². The molecule has 0 aliphatic heterocycles. The van der Waals surface area contributed by atoms with E-state index in [1.54, 1.807) is 0 Å². The number of benzene rings is 1. The molecule has 90 valence electrons. The Hall–Kier alpha value is -0.890. The molecule has 0 bridgehead atoms. The standard InChI is InChI=1S/C13H21ClN2/c1-5-11(6-2)15-12-9-10(14)7-8-13(12)16(3)4/h7-9,11,15H,5-6H2,1-4H3. The van der Waals surface area contributed by atoms with Gasteiger partial charge in [-0.1, -0.05) is 25.4 Å². The molecule has 0 unspecified atom stereocenters. The number of rotatable bonds is 5. The van der Waals surface area contributed by atoms with Crippen LogP contribution in [0.3, 0.4) is 0 Å². The minimum absolute atomic E-state index is 0.511. The minimum atomic E-state index is 0.511. The fraction of sp³-hybridized carbons (Fsp3) is 0.538. The molecule has 0 aromatic heterocycles. The summed E-state index contributed by atoms with van der Waals surface area (Å²) in [6.07, 6.45) is 2.24. The molecule has 0 spiro atoms. The highest BCUT2D eigenvalue weighted by Crippen LogP contribution is 2.28. The molecule has 0 radical (unpaired) electrons. The molecule has 0 aliphatic carbocycles. The molecule has 0 fully saturated rings. The van der Waals surface area contributed by atoms with Crippen molar-refractivity contribution in [1.82, 2.24) is 0 Å². The second-order valence-corrected chi connectivity index (χ2v) is 4.65. The van der Waals surface area contributed by atoms with Gasteiger partial charge in [0.1, 0.15) is 0 Å². The van der Waals surface area contributed by atoms with Crippen LogP contribution in [-0.4, -0.2) is 20.1 Å². The molecule has 0 aliphatic rings. The highest BCUT2D eigenvalue weighted by molar-refractivity contribution is 6.31. The van der Waals surface area contributed by atoms with Crippen LogP contribution in [0.25, 0.3) is 0 Å². The number of hydrogen-bond acceptors (Lipinski definition) is 2. The van der Waals surface area contributed by atoms with E-state index in [9.17, 15) is 0 Å². The molecule has 0 saturated carbocycles. The maximum Gasteiger partial charge on any atom is 0.0597 e. The Labute approximate surface area is 104 Å². The molecule has 1 aromatic carbocycles. The molecule has 3 heteroatoms. The van der Waals surface area contributed by atoms with E-state index < -0.39 is 0 Å². The third kappa shape index (κ3) is 3.31. The summed E-state index contributed by atoms with van der Waals surface area (Å²) in [7, 11) is 4.09. The van der Waals surface area contributed by atoms with Crippen LogP contribution in [0.2, 0.25) is 5.02 Å². The van der Waals surface area contributed by atoms with Gasteiger partial charge in [-0.05, 0) is 31.0 Å². The van der Waals surface area contributed by atoms with Gasteiger partial charge in [0.2, 0.25) is 0 Å². The molecular formula is C13H21ClN2. The lowest BCUT2D eigenvalue weighted by Gasteiger charge is -2.23. The normalized spacial score (nSPS) is 10.6. The Kier molecular flexibility index (Phi) is 4.94. The summed E-state index contributed by atoms with van der Waals surface area (Å²) >= 11 is 6.03. The Morgan fingerprint density at radius 1 is 1.25 bits per heavy atom. The predicted molar refractivity (Wildman–Crippen MR) is 73.8 cm³/mol. The van der Waals surface area contributed by atoms with Gasteiger partial charge in [-0.3, -0.25) is 0 Å². The molecule has 0 saturated heterocycles. The third-order valence-electron chi connectivity index (χ3n) is 2.79. The average molecular weight is 241 g/mol. The van der Waals surface area contributed by atoms with Gasteiger partial charge in [0, 0.05) is 25.2 Å². The van der Waals surface area contributed by atoms with Crippen LogP contribution in [0.1, 0.15) is 26.7 Å². The van der Waals surface area contributed by atoms with Crippen molar-refractivity contribution in [1.29, 1.82) is 0 Å². The quantitative estimate of drug-likeness (QED) is 0.837. The Balaban J connectivity index is 2.95. The zero-order chi connectivity index (χ0) is 12.1. The number of halogens is 1. The Morgan fingerprint density at radius 2 is 1.88 bits per heavy atom. The number of anilines is 2. The SMILES string of the molecule is CCC(CC)Nc1cc(Cl)ccc1N(C)C. The van der Waals surface area contributed by atoms with Gasteiger partial charge in [-0.2, -0.15) is 0 Å². The van der Waals surface area contributed by atoms with Crippen LogP contribution in [0, 0.1) is 0 Å². The molecule has 1 aromatic rings. The summed E-state index contributed by atoms with van der Waals surface area (Å²) in [4.78, 5) is 2.10. The summed E-state index contributed by atoms with van der Waals surface area (Å²) in [6.45, 7) is 4.39. The van der Waals surface area contributed by atoms with E-state index in [0.29, 0.717) is 6.04 Å². The van der Waals surface area contributed by atoms with E-state index in [2.05, 4.69) is 24.1 Å². The van der Waals surface area contributed by atoms with Gasteiger partial charge in [-0.25, -0.2) is 0 Å². The van der Waals surface area contributed by atoms with Gasteiger partial charge in [0.05, 0.1) is 11.4 Å². The van der Waals surface area contributed by atoms with Crippen LogP contribution in [0.4, 0.5) is 11.4 Å². The lowest BCUT2D eigenvalue weighted by Crippen LogP contribution is -2.20. The summed E-state index contributed by atoms with van der Waals surface area (Å²) in [5.41, 5.74) is 2.29. The largest absolute Gasteiger partial charge is 0.381 e. The highest BCUT2D eigenvalue weighted by Gasteiger charge is 2.09. The van der Waals surface area contributed by atoms with Crippen molar-refractivity contribution in [3.63, 3.8) is 0 Å². The number of hydrogen-bond donors (Lipinski definition) is 1. The molecule has 1 N–H and O–H groups in total. The van der Waals surface area contributed by atoms with Crippen molar-refractivity contribution in [2.45, 2.75) is 32.7 Å². The van der Waals surface area contributed by atoms with Crippen LogP contribution in [0.15, 0.2) is 18.2 Å². The zero-order valence-electron chi connectivity index (χ0n) is 10.5. The second-order valence-electron chi connectivity index (χ2n) is 4.21. The van der Waals surface area contributed by atoms with Crippen LogP contribution in [-0.2, 0) is 0 Å². The summed E-state index contributed by atoms with van der Waals surface area (Å²) in [6, 6.07) is 6.48. The van der Waals surface area contributed by atoms with Gasteiger partial charge < -0.3 is 10.2 Å². The van der Waals surface area contributed by atoms with Crippen LogP contribution < -0.4 is 10.2 Å². The van der Waals surface area contributed by atoms with E-state index in [-0.39, 0.29) is 0 Å². The van der Waals surface area contributed by atoms with Crippen molar-refractivity contribution >= 4 is 23.0 Å². The Bertz CT molecular complexity index is 333. The lowest BCUT2D eigenvalue weighted by atomic mass is 10.1. The zero-order valence-corrected chi connectivity index (χ0v) is 11.3. The number of nitrogens with zero attached hydrogens (tertiary/aromatic N) is 1. The van der Waals surface area contributed by atoms with Crippen molar-refractivity contribution in [3.05, 3.63) is 23.2 Å². The van der Waals surface area contributed by atoms with Gasteiger partial charge in [0.25, 0.3) is 0 Å². The first kappa shape index (κ1) is 13.2. The molecule has 16 heavy (non-hydrogen) atoms. The van der Waals surface area contributed by atoms with Gasteiger partial charge in [0.15, 0.2) is 0 Å². The topological polar surface area (TPSA) is 15.3 Å². The summed E-state index contributed by atoms with van der Waals surface area (Å²) in [5, 5.41) is 4.32. The number of nitrogens with one attached hydrogen (secondary N) is 1. The van der Waals surface area contributed by atoms with Crippen molar-refractivity contribution < 1.29 is 0 Å². The summed E-state index contributed by atoms with van der Waals surface area (Å²) in [5.74, 6) is 0. The first-order valence-electron chi connectivity index (χ1n) is 5.81. The molecular weight excluding hydrogens is 220 g/mol. The summed E-state index contributed by atoms with van der Waals surface area (Å²) < 4.78 is 0. The Morgan fingerprint density at radius 3 is 2.38 bits per heavy atom. The average Bonchev–Trinajstić information content (AvgIpc) is 2.25. The van der Waals surface area contributed by atoms with E-state index in [0.717, 1.165) is 23.6 Å². The van der Waals surface area contributed by atoms with Crippen molar-refractivity contribution in [2.24, 2.45) is 0 Å². The molecule has 0 amide bonds. The second kappa shape index (κ2) is 6.00. The fourth-order valence-electron chi connectivity index (χ4n) is 1.73. The fourth-order valence-corrected chi connectivity index (χ4v) is 1.90. The first-order chi connectivity index (χ1) is 7.58. The maximum absolute atomic E-state index is 6.03. The van der Waals surface area contributed by atoms with Crippen LogP contribution >= 0.6 is 11.6 Å². The highest BCUT2D eigenvalue weighted by atomic mass is 35.5. The van der Waals surface area contributed by atoms with Gasteiger partial charge in [-0.15, -0.1) is 0 Å². The molecule has 0 atom stereocenters. The molecule has 1 rings (SSSR count). The van der Waals surface area contributed by atoms with E-state index in [4.69, 9.17) is 11.6 Å². The monoisotopic (exact) mass is 240 g/mol. The van der Waals surface area contributed by atoms with Crippen molar-refractivity contribution in [3.8, 4) is 0 Å². The maximum atomic E-state index is 6.03. The third-order valence-corrected chi connectivity index (χ3v) is 3.02. The van der Waals surface area contributed by atoms with Crippen LogP contribution in [0.5, 0.6) is 0 Å². The molecule has 2 nitrogen and oxygen atoms in total. The predicted octanol–water partition coefficient (Wildman–Crippen LogP) is 4.01. The van der Waals surface area contributed by atoms with E-state index in [1.807, 2.05) is 32.3 Å². The molecule has 0 heterocycles. The van der Waals surface area contributed by atoms with Crippen molar-refractivity contribution in [2.75, 3.05) is 24.3 Å². The minimum Gasteiger partial charge on any atom is -0.381 e. The first-order valence-corrected chi connectivity index (χ1v) is 6.19. The van der Waals surface area contributed by atoms with Gasteiger partial charge >= 0.3 is 0 Å². The van der Waals surface area contributed by atoms with E-state index >= 15 is 0 Å². The smallest absolute Gasteiger partial charge is 0.0597 e.